The number of aliphatic carboxylic acids is 1. The zero-order valence-corrected chi connectivity index (χ0v) is 18.3. The third kappa shape index (κ3) is 3.51. The highest BCUT2D eigenvalue weighted by Gasteiger charge is 2.40. The maximum Gasteiger partial charge on any atom is 0.332 e. The van der Waals surface area contributed by atoms with Gasteiger partial charge in [0.25, 0.3) is 11.8 Å². The number of allylic oxidation sites excluding steroid dienone is 1. The van der Waals surface area contributed by atoms with Crippen LogP contribution in [0.1, 0.15) is 41.9 Å². The van der Waals surface area contributed by atoms with Gasteiger partial charge in [-0.2, -0.15) is 4.37 Å². The third-order valence-electron chi connectivity index (χ3n) is 6.09. The number of aromatic nitrogens is 2. The Hall–Kier alpha value is -2.46. The van der Waals surface area contributed by atoms with Crippen molar-refractivity contribution < 1.29 is 23.5 Å². The third-order valence-corrected chi connectivity index (χ3v) is 8.06. The van der Waals surface area contributed by atoms with Crippen molar-refractivity contribution in [1.29, 1.82) is 0 Å². The Morgan fingerprint density at radius 3 is 2.77 bits per heavy atom. The van der Waals surface area contributed by atoms with Crippen LogP contribution in [0.5, 0.6) is 0 Å². The maximum absolute atomic E-state index is 14.0. The Morgan fingerprint density at radius 2 is 2.13 bits per heavy atom. The minimum Gasteiger partial charge on any atom is -0.478 e. The molecule has 1 atom stereocenters. The van der Waals surface area contributed by atoms with E-state index in [0.29, 0.717) is 39.1 Å². The van der Waals surface area contributed by atoms with E-state index in [0.717, 1.165) is 40.4 Å². The monoisotopic (exact) mass is 463 g/mol. The molecular formula is C21H19F2N3O3S2. The number of nitrogens with one attached hydrogen (secondary N) is 1. The topological polar surface area (TPSA) is 92.2 Å². The van der Waals surface area contributed by atoms with Crippen LogP contribution in [0.4, 0.5) is 13.8 Å². The molecule has 0 fully saturated rings. The number of aryl methyl sites for hydroxylation is 1. The van der Waals surface area contributed by atoms with E-state index >= 15 is 0 Å². The van der Waals surface area contributed by atoms with Crippen molar-refractivity contribution in [3.05, 3.63) is 39.1 Å². The molecule has 6 nitrogen and oxygen atoms in total. The van der Waals surface area contributed by atoms with Crippen molar-refractivity contribution in [3.63, 3.8) is 0 Å². The molecule has 0 aliphatic heterocycles. The molecule has 31 heavy (non-hydrogen) atoms. The number of hydrogen-bond acceptors (Lipinski definition) is 6. The summed E-state index contributed by atoms with van der Waals surface area (Å²) in [4.78, 5) is 30.1. The normalized spacial score (nSPS) is 21.6. The summed E-state index contributed by atoms with van der Waals surface area (Å²) < 4.78 is 32.3. The zero-order valence-electron chi connectivity index (χ0n) is 16.6. The highest BCUT2D eigenvalue weighted by atomic mass is 32.1. The van der Waals surface area contributed by atoms with Gasteiger partial charge in [0.1, 0.15) is 15.8 Å². The molecule has 2 heterocycles. The standard InChI is InChI=1S/C21H19F2N3O3S2/c1-9-24-19(31-26-9)16-12-6-7-21(22,23)8-13(12)30-18(16)25-17(27)14-10-2-4-11(5-3-10)15(14)20(28)29/h2,11H,3-8H2,1H3,(H,25,27)(H,28,29). The number of hydrogen-bond donors (Lipinski definition) is 2. The van der Waals surface area contributed by atoms with E-state index in [4.69, 9.17) is 0 Å². The van der Waals surface area contributed by atoms with E-state index in [1.165, 1.54) is 0 Å². The molecule has 0 aromatic carbocycles. The van der Waals surface area contributed by atoms with Gasteiger partial charge in [0.05, 0.1) is 16.7 Å². The lowest BCUT2D eigenvalue weighted by molar-refractivity contribution is -0.133. The predicted molar refractivity (Wildman–Crippen MR) is 114 cm³/mol. The van der Waals surface area contributed by atoms with E-state index in [1.54, 1.807) is 6.92 Å². The van der Waals surface area contributed by atoms with Crippen molar-refractivity contribution in [1.82, 2.24) is 9.36 Å². The van der Waals surface area contributed by atoms with Crippen LogP contribution in [-0.2, 0) is 22.4 Å². The number of rotatable bonds is 4. The van der Waals surface area contributed by atoms with Crippen LogP contribution in [-0.4, -0.2) is 32.3 Å². The molecule has 1 unspecified atom stereocenters. The molecule has 1 amide bonds. The van der Waals surface area contributed by atoms with Crippen molar-refractivity contribution in [2.75, 3.05) is 5.32 Å². The zero-order chi connectivity index (χ0) is 21.9. The van der Waals surface area contributed by atoms with Gasteiger partial charge >= 0.3 is 5.97 Å². The van der Waals surface area contributed by atoms with Gasteiger partial charge in [-0.05, 0) is 61.2 Å². The molecule has 0 spiro atoms. The van der Waals surface area contributed by atoms with Crippen LogP contribution in [0.2, 0.25) is 0 Å². The number of carbonyl (C=O) groups is 2. The second-order valence-electron chi connectivity index (χ2n) is 8.14. The first-order valence-electron chi connectivity index (χ1n) is 10.0. The van der Waals surface area contributed by atoms with Crippen LogP contribution in [0.3, 0.4) is 0 Å². The Kier molecular flexibility index (Phi) is 4.82. The molecule has 2 bridgehead atoms. The number of nitrogens with zero attached hydrogens (tertiary/aromatic N) is 2. The first-order valence-corrected chi connectivity index (χ1v) is 11.6. The molecule has 2 aromatic heterocycles. The molecule has 0 radical (unpaired) electrons. The van der Waals surface area contributed by atoms with Gasteiger partial charge < -0.3 is 10.4 Å². The van der Waals surface area contributed by atoms with Crippen molar-refractivity contribution in [3.8, 4) is 10.6 Å². The lowest BCUT2D eigenvalue weighted by Crippen LogP contribution is -2.30. The van der Waals surface area contributed by atoms with Crippen LogP contribution < -0.4 is 5.32 Å². The van der Waals surface area contributed by atoms with Gasteiger partial charge in [-0.15, -0.1) is 11.3 Å². The molecule has 4 aliphatic carbocycles. The Morgan fingerprint density at radius 1 is 1.32 bits per heavy atom. The van der Waals surface area contributed by atoms with Gasteiger partial charge in [-0.1, -0.05) is 6.08 Å². The number of halogens is 2. The van der Waals surface area contributed by atoms with E-state index in [1.807, 2.05) is 6.08 Å². The SMILES string of the molecule is Cc1nsc(-c2c(NC(=O)C3=C(C(=O)O)C4CC=C3CC4)sc3c2CCC(F)(F)C3)n1. The van der Waals surface area contributed by atoms with E-state index in [9.17, 15) is 23.5 Å². The van der Waals surface area contributed by atoms with Gasteiger partial charge in [-0.3, -0.25) is 4.79 Å². The second kappa shape index (κ2) is 7.30. The van der Waals surface area contributed by atoms with Gasteiger partial charge in [0, 0.05) is 17.7 Å². The molecule has 0 saturated heterocycles. The second-order valence-corrected chi connectivity index (χ2v) is 9.99. The van der Waals surface area contributed by atoms with Gasteiger partial charge in [0.15, 0.2) is 0 Å². The number of carboxylic acid groups (broad SMARTS) is 1. The number of alkyl halides is 2. The smallest absolute Gasteiger partial charge is 0.332 e. The molecule has 2 aromatic rings. The fourth-order valence-corrected chi connectivity index (χ4v) is 6.82. The molecule has 4 aliphatic rings. The summed E-state index contributed by atoms with van der Waals surface area (Å²) in [5, 5.41) is 13.6. The van der Waals surface area contributed by atoms with Crippen LogP contribution in [0.25, 0.3) is 10.6 Å². The average Bonchev–Trinajstić information content (AvgIpc) is 3.29. The van der Waals surface area contributed by atoms with Crippen LogP contribution >= 0.6 is 22.9 Å². The molecule has 2 N–H and O–H groups in total. The Balaban J connectivity index is 1.57. The highest BCUT2D eigenvalue weighted by molar-refractivity contribution is 7.18. The minimum absolute atomic E-state index is 0.155. The summed E-state index contributed by atoms with van der Waals surface area (Å²) >= 11 is 2.29. The highest BCUT2D eigenvalue weighted by Crippen LogP contribution is 2.48. The number of thiophene rings is 1. The largest absolute Gasteiger partial charge is 0.478 e. The van der Waals surface area contributed by atoms with Crippen molar-refractivity contribution in [2.45, 2.75) is 51.4 Å². The molecule has 10 heteroatoms. The predicted octanol–water partition coefficient (Wildman–Crippen LogP) is 4.76. The van der Waals surface area contributed by atoms with E-state index in [2.05, 4.69) is 14.7 Å². The summed E-state index contributed by atoms with van der Waals surface area (Å²) in [6.45, 7) is 1.75. The number of anilines is 1. The fourth-order valence-electron chi connectivity index (χ4n) is 4.68. The first kappa shape index (κ1) is 20.4. The summed E-state index contributed by atoms with van der Waals surface area (Å²) in [6.07, 6.45) is 3.53. The van der Waals surface area contributed by atoms with Gasteiger partial charge in [-0.25, -0.2) is 18.6 Å². The Labute approximate surface area is 184 Å². The number of carbonyl (C=O) groups excluding carboxylic acids is 1. The minimum atomic E-state index is -2.78. The summed E-state index contributed by atoms with van der Waals surface area (Å²) in [5.74, 6) is -3.95. The van der Waals surface area contributed by atoms with Crippen molar-refractivity contribution >= 4 is 39.7 Å². The lowest BCUT2D eigenvalue weighted by Gasteiger charge is -2.31. The van der Waals surface area contributed by atoms with Gasteiger partial charge in [0.2, 0.25) is 0 Å². The number of carboxylic acids is 1. The summed E-state index contributed by atoms with van der Waals surface area (Å²) in [7, 11) is 0. The maximum atomic E-state index is 14.0. The average molecular weight is 464 g/mol. The Bertz CT molecular complexity index is 1180. The molecule has 6 rings (SSSR count). The summed E-state index contributed by atoms with van der Waals surface area (Å²) in [5.41, 5.74) is 2.54. The first-order chi connectivity index (χ1) is 14.7. The van der Waals surface area contributed by atoms with E-state index < -0.39 is 17.8 Å². The molecular weight excluding hydrogens is 444 g/mol. The van der Waals surface area contributed by atoms with Crippen LogP contribution in [0, 0.1) is 12.8 Å². The number of amides is 1. The molecule has 162 valence electrons. The quantitative estimate of drug-likeness (QED) is 0.682. The van der Waals surface area contributed by atoms with E-state index in [-0.39, 0.29) is 36.3 Å². The lowest BCUT2D eigenvalue weighted by atomic mass is 9.72. The fraction of sp³-hybridized carbons (Fsp3) is 0.429. The van der Waals surface area contributed by atoms with Crippen molar-refractivity contribution in [2.24, 2.45) is 5.92 Å². The molecule has 0 saturated carbocycles. The summed E-state index contributed by atoms with van der Waals surface area (Å²) in [6, 6.07) is 0. The number of fused-ring (bicyclic) bond motifs is 3. The van der Waals surface area contributed by atoms with Crippen LogP contribution in [0.15, 0.2) is 22.8 Å².